The summed E-state index contributed by atoms with van der Waals surface area (Å²) in [4.78, 5) is 17.7. The van der Waals surface area contributed by atoms with Crippen LogP contribution < -0.4 is 11.3 Å². The molecule has 1 amide bonds. The molecule has 5 heteroatoms. The van der Waals surface area contributed by atoms with Crippen molar-refractivity contribution in [1.29, 1.82) is 0 Å². The van der Waals surface area contributed by atoms with Crippen LogP contribution in [0.5, 0.6) is 0 Å². The molecule has 0 saturated heterocycles. The van der Waals surface area contributed by atoms with E-state index in [4.69, 9.17) is 5.84 Å². The van der Waals surface area contributed by atoms with Gasteiger partial charge in [-0.15, -0.1) is 0 Å². The van der Waals surface area contributed by atoms with E-state index in [-0.39, 0.29) is 11.8 Å². The summed E-state index contributed by atoms with van der Waals surface area (Å²) in [5.74, 6) is 5.00. The number of fused-ring (bicyclic) bond motifs is 2. The number of nitrogens with zero attached hydrogens (tertiary/aromatic N) is 1. The summed E-state index contributed by atoms with van der Waals surface area (Å²) < 4.78 is 0. The number of amides is 1. The lowest BCUT2D eigenvalue weighted by molar-refractivity contribution is -0.124. The van der Waals surface area contributed by atoms with E-state index in [1.807, 2.05) is 0 Å². The summed E-state index contributed by atoms with van der Waals surface area (Å²) in [6.45, 7) is 2.84. The zero-order chi connectivity index (χ0) is 15.4. The van der Waals surface area contributed by atoms with Crippen molar-refractivity contribution in [3.05, 3.63) is 41.1 Å². The van der Waals surface area contributed by atoms with Crippen LogP contribution in [0.15, 0.2) is 24.3 Å². The molecule has 2 aromatic rings. The van der Waals surface area contributed by atoms with Crippen LogP contribution in [-0.4, -0.2) is 35.4 Å². The van der Waals surface area contributed by atoms with E-state index in [0.717, 1.165) is 6.42 Å². The number of rotatable bonds is 1. The lowest BCUT2D eigenvalue weighted by atomic mass is 9.79. The summed E-state index contributed by atoms with van der Waals surface area (Å²) in [5.41, 5.74) is 8.61. The number of hydrazine groups is 1. The zero-order valence-electron chi connectivity index (χ0n) is 12.8. The largest absolute Gasteiger partial charge is 0.358 e. The first kappa shape index (κ1) is 13.5. The Morgan fingerprint density at radius 3 is 3.05 bits per heavy atom. The molecule has 4 rings (SSSR count). The quantitative estimate of drug-likeness (QED) is 0.422. The average molecular weight is 296 g/mol. The molecule has 2 aliphatic rings. The van der Waals surface area contributed by atoms with Gasteiger partial charge in [0.2, 0.25) is 5.91 Å². The Hall–Kier alpha value is -2.11. The minimum absolute atomic E-state index is 0.124. The Morgan fingerprint density at radius 1 is 1.45 bits per heavy atom. The molecule has 2 heterocycles. The van der Waals surface area contributed by atoms with Gasteiger partial charge in [0.05, 0.1) is 5.92 Å². The molecule has 4 N–H and O–H groups in total. The zero-order valence-corrected chi connectivity index (χ0v) is 12.8. The van der Waals surface area contributed by atoms with Crippen LogP contribution in [0.1, 0.15) is 16.8 Å². The van der Waals surface area contributed by atoms with Gasteiger partial charge in [-0.2, -0.15) is 0 Å². The maximum absolute atomic E-state index is 12.0. The molecular formula is C17H20N4O. The Kier molecular flexibility index (Phi) is 2.89. The van der Waals surface area contributed by atoms with Crippen molar-refractivity contribution in [2.75, 3.05) is 13.6 Å². The van der Waals surface area contributed by atoms with E-state index in [9.17, 15) is 4.79 Å². The van der Waals surface area contributed by atoms with Gasteiger partial charge in [-0.05, 0) is 43.2 Å². The fourth-order valence-electron chi connectivity index (χ4n) is 3.99. The van der Waals surface area contributed by atoms with Crippen molar-refractivity contribution >= 4 is 22.4 Å². The van der Waals surface area contributed by atoms with Crippen LogP contribution in [0.2, 0.25) is 0 Å². The molecule has 1 aliphatic carbocycles. The van der Waals surface area contributed by atoms with Crippen molar-refractivity contribution in [3.63, 3.8) is 0 Å². The van der Waals surface area contributed by atoms with Crippen LogP contribution in [-0.2, 0) is 11.2 Å². The number of benzene rings is 1. The van der Waals surface area contributed by atoms with Gasteiger partial charge in [-0.25, -0.2) is 5.84 Å². The number of aromatic nitrogens is 1. The third-order valence-electron chi connectivity index (χ3n) is 5.09. The minimum atomic E-state index is -0.196. The second-order valence-electron chi connectivity index (χ2n) is 6.35. The molecule has 5 nitrogen and oxygen atoms in total. The van der Waals surface area contributed by atoms with Crippen LogP contribution in [0.3, 0.4) is 0 Å². The molecule has 22 heavy (non-hydrogen) atoms. The van der Waals surface area contributed by atoms with Crippen molar-refractivity contribution in [2.45, 2.75) is 19.4 Å². The number of hydrogen-bond donors (Lipinski definition) is 3. The van der Waals surface area contributed by atoms with Crippen LogP contribution in [0.4, 0.5) is 0 Å². The van der Waals surface area contributed by atoms with E-state index in [2.05, 4.69) is 53.6 Å². The third kappa shape index (κ3) is 1.76. The Balaban J connectivity index is 1.93. The third-order valence-corrected chi connectivity index (χ3v) is 5.09. The smallest absolute Gasteiger partial charge is 0.242 e. The second-order valence-corrected chi connectivity index (χ2v) is 6.35. The first-order chi connectivity index (χ1) is 10.6. The van der Waals surface area contributed by atoms with Gasteiger partial charge in [0, 0.05) is 29.2 Å². The van der Waals surface area contributed by atoms with E-state index >= 15 is 0 Å². The molecule has 1 aliphatic heterocycles. The van der Waals surface area contributed by atoms with E-state index in [1.165, 1.54) is 33.3 Å². The number of likely N-dealkylation sites (N-methyl/N-ethyl adjacent to an activating group) is 1. The van der Waals surface area contributed by atoms with Crippen molar-refractivity contribution in [1.82, 2.24) is 15.3 Å². The van der Waals surface area contributed by atoms with E-state index < -0.39 is 0 Å². The highest BCUT2D eigenvalue weighted by molar-refractivity contribution is 6.00. The van der Waals surface area contributed by atoms with E-state index in [1.54, 1.807) is 0 Å². The fraction of sp³-hybridized carbons (Fsp3) is 0.353. The van der Waals surface area contributed by atoms with Crippen molar-refractivity contribution in [3.8, 4) is 0 Å². The molecule has 1 aromatic carbocycles. The topological polar surface area (TPSA) is 74.1 Å². The summed E-state index contributed by atoms with van der Waals surface area (Å²) in [5, 5.41) is 1.31. The second kappa shape index (κ2) is 4.69. The molecule has 0 spiro atoms. The number of nitrogens with two attached hydrogens (primary N) is 1. The first-order valence-corrected chi connectivity index (χ1v) is 7.63. The number of nitrogens with one attached hydrogen (secondary N) is 2. The maximum atomic E-state index is 12.0. The Morgan fingerprint density at radius 2 is 2.27 bits per heavy atom. The Labute approximate surface area is 129 Å². The molecule has 0 unspecified atom stereocenters. The highest BCUT2D eigenvalue weighted by Crippen LogP contribution is 2.41. The SMILES string of the molecule is Cc1[nH]c2cccc3c2c1C[C@@H]1C3=C[C@H](C(=O)NN)CN1C. The lowest BCUT2D eigenvalue weighted by Crippen LogP contribution is -2.47. The first-order valence-electron chi connectivity index (χ1n) is 7.63. The molecule has 1 aromatic heterocycles. The number of aromatic amines is 1. The van der Waals surface area contributed by atoms with Crippen molar-refractivity contribution < 1.29 is 4.79 Å². The van der Waals surface area contributed by atoms with Crippen molar-refractivity contribution in [2.24, 2.45) is 11.8 Å². The normalized spacial score (nSPS) is 24.0. The highest BCUT2D eigenvalue weighted by Gasteiger charge is 2.36. The summed E-state index contributed by atoms with van der Waals surface area (Å²) in [7, 11) is 2.08. The van der Waals surface area contributed by atoms with Crippen LogP contribution in [0.25, 0.3) is 16.5 Å². The molecule has 2 atom stereocenters. The average Bonchev–Trinajstić information content (AvgIpc) is 2.84. The highest BCUT2D eigenvalue weighted by atomic mass is 16.2. The molecule has 0 bridgehead atoms. The molecule has 0 radical (unpaired) electrons. The van der Waals surface area contributed by atoms with Crippen LogP contribution in [0, 0.1) is 12.8 Å². The minimum Gasteiger partial charge on any atom is -0.358 e. The van der Waals surface area contributed by atoms with Gasteiger partial charge < -0.3 is 4.98 Å². The standard InChI is InChI=1S/C17H20N4O/c1-9-12-7-15-13(6-10(8-21(15)2)17(22)20-18)11-4-3-5-14(19-9)16(11)12/h3-6,10,15,19H,7-8,18H2,1-2H3,(H,20,22)/t10-,15+/m0/s1. The van der Waals surface area contributed by atoms with Crippen LogP contribution >= 0.6 is 0 Å². The summed E-state index contributed by atoms with van der Waals surface area (Å²) >= 11 is 0. The molecule has 0 fully saturated rings. The molecule has 0 saturated carbocycles. The summed E-state index contributed by atoms with van der Waals surface area (Å²) in [6, 6.07) is 6.68. The Bertz CT molecular complexity index is 804. The summed E-state index contributed by atoms with van der Waals surface area (Å²) in [6.07, 6.45) is 3.09. The fourth-order valence-corrected chi connectivity index (χ4v) is 3.99. The number of H-pyrrole nitrogens is 1. The predicted molar refractivity (Wildman–Crippen MR) is 87.0 cm³/mol. The van der Waals surface area contributed by atoms with E-state index in [0.29, 0.717) is 12.6 Å². The number of hydrogen-bond acceptors (Lipinski definition) is 3. The van der Waals surface area contributed by atoms with Gasteiger partial charge in [0.25, 0.3) is 0 Å². The van der Waals surface area contributed by atoms with Gasteiger partial charge in [-0.1, -0.05) is 18.2 Å². The van der Waals surface area contributed by atoms with Gasteiger partial charge in [0.15, 0.2) is 0 Å². The number of carbonyl (C=O) groups is 1. The van der Waals surface area contributed by atoms with Gasteiger partial charge >= 0.3 is 0 Å². The number of carbonyl (C=O) groups excluding carboxylic acids is 1. The number of aryl methyl sites for hydroxylation is 1. The molecular weight excluding hydrogens is 276 g/mol. The monoisotopic (exact) mass is 296 g/mol. The van der Waals surface area contributed by atoms with Gasteiger partial charge in [0.1, 0.15) is 0 Å². The molecule has 114 valence electrons. The lowest BCUT2D eigenvalue weighted by Gasteiger charge is -2.39. The maximum Gasteiger partial charge on any atom is 0.242 e. The van der Waals surface area contributed by atoms with Gasteiger partial charge in [-0.3, -0.25) is 15.1 Å². The predicted octanol–water partition coefficient (Wildman–Crippen LogP) is 1.34.